The molecule has 4 aliphatic rings. The van der Waals surface area contributed by atoms with Crippen molar-refractivity contribution in [2.75, 3.05) is 0 Å². The summed E-state index contributed by atoms with van der Waals surface area (Å²) in [5, 5.41) is 0. The summed E-state index contributed by atoms with van der Waals surface area (Å²) in [5.74, 6) is 7.61. The molecule has 0 aromatic rings. The standard InChI is InChI=1S/C16H30.C13H24/c1-3-4-14-7-11-16(12-8-14)15-9-5-13(2)6-10-15;1-11-7-9-13(10-8-11)12-5-3-2-4-6-12/h13-16H,3-12H2,1-2H3;11-13H,2-10H2,1H3. The summed E-state index contributed by atoms with van der Waals surface area (Å²) in [5.41, 5.74) is 0. The Morgan fingerprint density at radius 1 is 0.448 bits per heavy atom. The third kappa shape index (κ3) is 7.88. The van der Waals surface area contributed by atoms with E-state index < -0.39 is 0 Å². The molecule has 0 amide bonds. The average molecular weight is 403 g/mol. The smallest absolute Gasteiger partial charge is 0.0386 e. The van der Waals surface area contributed by atoms with Crippen LogP contribution in [0.1, 0.15) is 143 Å². The molecule has 0 atom stereocenters. The molecule has 0 spiro atoms. The Morgan fingerprint density at radius 2 is 0.828 bits per heavy atom. The van der Waals surface area contributed by atoms with Gasteiger partial charge in [0, 0.05) is 0 Å². The van der Waals surface area contributed by atoms with Gasteiger partial charge in [-0.3, -0.25) is 0 Å². The van der Waals surface area contributed by atoms with E-state index in [0.29, 0.717) is 0 Å². The van der Waals surface area contributed by atoms with Gasteiger partial charge in [-0.1, -0.05) is 104 Å². The van der Waals surface area contributed by atoms with Crippen molar-refractivity contribution in [1.29, 1.82) is 0 Å². The first-order valence-corrected chi connectivity index (χ1v) is 14.2. The van der Waals surface area contributed by atoms with Crippen molar-refractivity contribution in [2.24, 2.45) is 41.4 Å². The van der Waals surface area contributed by atoms with Crippen LogP contribution in [0.5, 0.6) is 0 Å². The molecular formula is C29H54. The van der Waals surface area contributed by atoms with Gasteiger partial charge in [0.25, 0.3) is 0 Å². The molecule has 0 heteroatoms. The van der Waals surface area contributed by atoms with Crippen LogP contribution in [0.15, 0.2) is 0 Å². The molecule has 4 rings (SSSR count). The van der Waals surface area contributed by atoms with Gasteiger partial charge in [0.1, 0.15) is 0 Å². The monoisotopic (exact) mass is 402 g/mol. The van der Waals surface area contributed by atoms with Crippen molar-refractivity contribution in [3.63, 3.8) is 0 Å². The lowest BCUT2D eigenvalue weighted by Gasteiger charge is -2.37. The Hall–Kier alpha value is 0. The van der Waals surface area contributed by atoms with Gasteiger partial charge in [0.15, 0.2) is 0 Å². The van der Waals surface area contributed by atoms with Gasteiger partial charge in [0.2, 0.25) is 0 Å². The molecule has 0 N–H and O–H groups in total. The van der Waals surface area contributed by atoms with E-state index in [1.807, 2.05) is 0 Å². The lowest BCUT2D eigenvalue weighted by Crippen LogP contribution is -2.25. The summed E-state index contributed by atoms with van der Waals surface area (Å²) in [6.45, 7) is 7.21. The van der Waals surface area contributed by atoms with Crippen molar-refractivity contribution in [2.45, 2.75) is 143 Å². The molecule has 29 heavy (non-hydrogen) atoms. The first-order chi connectivity index (χ1) is 14.2. The molecule has 0 aliphatic heterocycles. The zero-order valence-electron chi connectivity index (χ0n) is 20.5. The van der Waals surface area contributed by atoms with Gasteiger partial charge >= 0.3 is 0 Å². The highest BCUT2D eigenvalue weighted by molar-refractivity contribution is 4.81. The molecule has 0 unspecified atom stereocenters. The SMILES string of the molecule is CC1CCC(C2CCCCC2)CC1.CCCC1CCC(C2CCC(C)CC2)CC1. The Kier molecular flexibility index (Phi) is 10.4. The van der Waals surface area contributed by atoms with Gasteiger partial charge in [0.05, 0.1) is 0 Å². The molecular weight excluding hydrogens is 348 g/mol. The van der Waals surface area contributed by atoms with E-state index in [1.165, 1.54) is 57.8 Å². The molecule has 4 saturated carbocycles. The lowest BCUT2D eigenvalue weighted by atomic mass is 9.69. The highest BCUT2D eigenvalue weighted by Gasteiger charge is 2.29. The molecule has 0 bridgehead atoms. The Bertz CT molecular complexity index is 396. The highest BCUT2D eigenvalue weighted by atomic mass is 14.4. The van der Waals surface area contributed by atoms with Crippen LogP contribution in [0.4, 0.5) is 0 Å². The van der Waals surface area contributed by atoms with Crippen LogP contribution in [0, 0.1) is 41.4 Å². The summed E-state index contributed by atoms with van der Waals surface area (Å²) in [6.07, 6.45) is 29.0. The van der Waals surface area contributed by atoms with Crippen LogP contribution in [0.2, 0.25) is 0 Å². The first kappa shape index (κ1) is 23.7. The van der Waals surface area contributed by atoms with Crippen LogP contribution in [-0.4, -0.2) is 0 Å². The lowest BCUT2D eigenvalue weighted by molar-refractivity contribution is 0.147. The summed E-state index contributed by atoms with van der Waals surface area (Å²) in [7, 11) is 0. The zero-order valence-corrected chi connectivity index (χ0v) is 20.5. The maximum atomic E-state index is 2.44. The first-order valence-electron chi connectivity index (χ1n) is 14.2. The van der Waals surface area contributed by atoms with Crippen LogP contribution in [0.3, 0.4) is 0 Å². The maximum absolute atomic E-state index is 2.44. The number of hydrogen-bond donors (Lipinski definition) is 0. The van der Waals surface area contributed by atoms with Crippen molar-refractivity contribution in [1.82, 2.24) is 0 Å². The molecule has 4 fully saturated rings. The summed E-state index contributed by atoms with van der Waals surface area (Å²) >= 11 is 0. The van der Waals surface area contributed by atoms with Crippen LogP contribution in [-0.2, 0) is 0 Å². The Morgan fingerprint density at radius 3 is 1.24 bits per heavy atom. The fourth-order valence-corrected chi connectivity index (χ4v) is 7.48. The van der Waals surface area contributed by atoms with Crippen molar-refractivity contribution in [3.8, 4) is 0 Å². The molecule has 0 radical (unpaired) electrons. The van der Waals surface area contributed by atoms with E-state index in [-0.39, 0.29) is 0 Å². The molecule has 0 aromatic heterocycles. The van der Waals surface area contributed by atoms with Crippen LogP contribution < -0.4 is 0 Å². The van der Waals surface area contributed by atoms with E-state index >= 15 is 0 Å². The third-order valence-electron chi connectivity index (χ3n) is 9.69. The van der Waals surface area contributed by atoms with Gasteiger partial charge < -0.3 is 0 Å². The molecule has 170 valence electrons. The topological polar surface area (TPSA) is 0 Å². The highest BCUT2D eigenvalue weighted by Crippen LogP contribution is 2.42. The summed E-state index contributed by atoms with van der Waals surface area (Å²) in [6, 6.07) is 0. The normalized spacial score (nSPS) is 39.4. The fraction of sp³-hybridized carbons (Fsp3) is 1.00. The summed E-state index contributed by atoms with van der Waals surface area (Å²) in [4.78, 5) is 0. The molecule has 0 heterocycles. The maximum Gasteiger partial charge on any atom is -0.0386 e. The predicted molar refractivity (Wildman–Crippen MR) is 129 cm³/mol. The zero-order chi connectivity index (χ0) is 20.5. The van der Waals surface area contributed by atoms with Gasteiger partial charge in [-0.25, -0.2) is 0 Å². The number of rotatable bonds is 4. The van der Waals surface area contributed by atoms with Gasteiger partial charge in [-0.2, -0.15) is 0 Å². The minimum Gasteiger partial charge on any atom is -0.0654 e. The van der Waals surface area contributed by atoms with E-state index in [4.69, 9.17) is 0 Å². The second kappa shape index (κ2) is 12.8. The van der Waals surface area contributed by atoms with Gasteiger partial charge in [-0.05, 0) is 80.0 Å². The number of hydrogen-bond acceptors (Lipinski definition) is 0. The second-order valence-electron chi connectivity index (χ2n) is 12.0. The Labute approximate surface area is 184 Å². The average Bonchev–Trinajstić information content (AvgIpc) is 2.77. The van der Waals surface area contributed by atoms with Crippen molar-refractivity contribution in [3.05, 3.63) is 0 Å². The van der Waals surface area contributed by atoms with Gasteiger partial charge in [-0.15, -0.1) is 0 Å². The van der Waals surface area contributed by atoms with Crippen LogP contribution >= 0.6 is 0 Å². The van der Waals surface area contributed by atoms with Crippen molar-refractivity contribution >= 4 is 0 Å². The van der Waals surface area contributed by atoms with E-state index in [2.05, 4.69) is 20.8 Å². The van der Waals surface area contributed by atoms with Crippen molar-refractivity contribution < 1.29 is 0 Å². The quantitative estimate of drug-likeness (QED) is 0.439. The minimum absolute atomic E-state index is 1.02. The molecule has 4 aliphatic carbocycles. The molecule has 0 saturated heterocycles. The van der Waals surface area contributed by atoms with E-state index in [0.717, 1.165) is 41.4 Å². The second-order valence-corrected chi connectivity index (χ2v) is 12.0. The Balaban J connectivity index is 0.000000169. The van der Waals surface area contributed by atoms with Crippen LogP contribution in [0.25, 0.3) is 0 Å². The molecule has 0 nitrogen and oxygen atoms in total. The van der Waals surface area contributed by atoms with E-state index in [1.54, 1.807) is 64.2 Å². The summed E-state index contributed by atoms with van der Waals surface area (Å²) < 4.78 is 0. The fourth-order valence-electron chi connectivity index (χ4n) is 7.48. The minimum atomic E-state index is 1.02. The molecule has 0 aromatic carbocycles. The predicted octanol–water partition coefficient (Wildman–Crippen LogP) is 9.81. The third-order valence-corrected chi connectivity index (χ3v) is 9.69. The largest absolute Gasteiger partial charge is 0.0654 e. The van der Waals surface area contributed by atoms with E-state index in [9.17, 15) is 0 Å².